The van der Waals surface area contributed by atoms with Crippen molar-refractivity contribution in [1.82, 2.24) is 0 Å². The molecular formula is C8H11OPS. The maximum atomic E-state index is 5.06. The summed E-state index contributed by atoms with van der Waals surface area (Å²) in [5.41, 5.74) is 1.21. The molecule has 0 amide bonds. The van der Waals surface area contributed by atoms with Crippen LogP contribution in [0.15, 0.2) is 23.0 Å². The van der Waals surface area contributed by atoms with Gasteiger partial charge in [-0.1, -0.05) is 18.7 Å². The van der Waals surface area contributed by atoms with E-state index in [0.29, 0.717) is 0 Å². The Balaban J connectivity index is 2.96. The smallest absolute Gasteiger partial charge is 0.0947 e. The van der Waals surface area contributed by atoms with Gasteiger partial charge in [-0.15, -0.1) is 0 Å². The van der Waals surface area contributed by atoms with Crippen molar-refractivity contribution in [3.05, 3.63) is 24.2 Å². The second kappa shape index (κ2) is 3.46. The zero-order valence-corrected chi connectivity index (χ0v) is 8.41. The lowest BCUT2D eigenvalue weighted by molar-refractivity contribution is 0.553. The van der Waals surface area contributed by atoms with Gasteiger partial charge in [-0.25, -0.2) is 0 Å². The highest BCUT2D eigenvalue weighted by molar-refractivity contribution is 7.96. The van der Waals surface area contributed by atoms with Gasteiger partial charge in [0.1, 0.15) is 0 Å². The molecule has 11 heavy (non-hydrogen) atoms. The van der Waals surface area contributed by atoms with E-state index in [2.05, 4.69) is 13.8 Å². The van der Waals surface area contributed by atoms with Crippen molar-refractivity contribution in [3.8, 4) is 0 Å². The molecule has 1 unspecified atom stereocenters. The van der Waals surface area contributed by atoms with E-state index in [0.717, 1.165) is 13.8 Å². The van der Waals surface area contributed by atoms with Crippen LogP contribution in [-0.4, -0.2) is 0 Å². The van der Waals surface area contributed by atoms with Crippen LogP contribution in [0.25, 0.3) is 0 Å². The maximum absolute atomic E-state index is 5.06. The molecule has 1 atom stereocenters. The number of hydrogen-bond donors (Lipinski definition) is 0. The standard InChI is InChI=1S/C8H11OPS/c1-3-8(2,10-11)7-4-5-9-6-7/h4-6H,3H2,1-2H3. The third-order valence-electron chi connectivity index (χ3n) is 2.03. The molecule has 60 valence electrons. The molecule has 1 rings (SSSR count). The fraction of sp³-hybridized carbons (Fsp3) is 0.500. The molecule has 0 bridgehead atoms. The lowest BCUT2D eigenvalue weighted by Crippen LogP contribution is -2.10. The van der Waals surface area contributed by atoms with Crippen LogP contribution in [0.5, 0.6) is 0 Å². The van der Waals surface area contributed by atoms with Gasteiger partial charge in [0.25, 0.3) is 0 Å². The van der Waals surface area contributed by atoms with Gasteiger partial charge in [-0.3, -0.25) is 0 Å². The van der Waals surface area contributed by atoms with Gasteiger partial charge in [0.05, 0.1) is 12.5 Å². The molecule has 0 aliphatic carbocycles. The first-order valence-corrected chi connectivity index (χ1v) is 5.51. The molecule has 1 aromatic heterocycles. The van der Waals surface area contributed by atoms with Crippen molar-refractivity contribution in [1.29, 1.82) is 0 Å². The van der Waals surface area contributed by atoms with Crippen molar-refractivity contribution in [2.45, 2.75) is 25.4 Å². The minimum absolute atomic E-state index is 0.0995. The summed E-state index contributed by atoms with van der Waals surface area (Å²) in [6.45, 7) is 4.30. The van der Waals surface area contributed by atoms with Crippen LogP contribution in [0.1, 0.15) is 25.8 Å². The molecule has 0 fully saturated rings. The normalized spacial score (nSPS) is 16.5. The third kappa shape index (κ3) is 1.69. The Morgan fingerprint density at radius 3 is 2.82 bits per heavy atom. The molecule has 0 spiro atoms. The SMILES string of the molecule is CCC(C)(P=S)c1ccoc1. The Bertz CT molecular complexity index is 232. The van der Waals surface area contributed by atoms with Gasteiger partial charge >= 0.3 is 0 Å². The molecule has 0 N–H and O–H groups in total. The van der Waals surface area contributed by atoms with E-state index in [4.69, 9.17) is 16.2 Å². The lowest BCUT2D eigenvalue weighted by atomic mass is 10.0. The Morgan fingerprint density at radius 2 is 2.45 bits per heavy atom. The molecule has 0 radical (unpaired) electrons. The van der Waals surface area contributed by atoms with Crippen molar-refractivity contribution < 1.29 is 4.42 Å². The molecule has 0 aromatic carbocycles. The van der Waals surface area contributed by atoms with E-state index in [1.165, 1.54) is 5.56 Å². The highest BCUT2D eigenvalue weighted by Gasteiger charge is 2.23. The fourth-order valence-electron chi connectivity index (χ4n) is 0.892. The van der Waals surface area contributed by atoms with Crippen molar-refractivity contribution in [3.63, 3.8) is 0 Å². The first-order chi connectivity index (χ1) is 5.23. The quantitative estimate of drug-likeness (QED) is 0.672. The van der Waals surface area contributed by atoms with E-state index < -0.39 is 0 Å². The van der Waals surface area contributed by atoms with Crippen molar-refractivity contribution in [2.24, 2.45) is 0 Å². The van der Waals surface area contributed by atoms with Crippen molar-refractivity contribution >= 4 is 19.2 Å². The summed E-state index contributed by atoms with van der Waals surface area (Å²) in [4.78, 5) is 0. The summed E-state index contributed by atoms with van der Waals surface area (Å²) in [7, 11) is 0.986. The minimum Gasteiger partial charge on any atom is -0.472 e. The van der Waals surface area contributed by atoms with Crippen LogP contribution in [0.3, 0.4) is 0 Å². The molecule has 0 aliphatic rings. The van der Waals surface area contributed by atoms with Gasteiger partial charge in [0, 0.05) is 10.7 Å². The summed E-state index contributed by atoms with van der Waals surface area (Å²) in [5, 5.41) is 0.0995. The summed E-state index contributed by atoms with van der Waals surface area (Å²) < 4.78 is 5.01. The predicted octanol–water partition coefficient (Wildman–Crippen LogP) is 3.31. The number of furan rings is 1. The molecule has 0 saturated heterocycles. The van der Waals surface area contributed by atoms with Crippen LogP contribution in [0.2, 0.25) is 0 Å². The zero-order chi connectivity index (χ0) is 8.32. The topological polar surface area (TPSA) is 13.1 Å². The van der Waals surface area contributed by atoms with Crippen LogP contribution >= 0.6 is 7.36 Å². The zero-order valence-electron chi connectivity index (χ0n) is 6.70. The van der Waals surface area contributed by atoms with Crippen molar-refractivity contribution in [2.75, 3.05) is 0 Å². The van der Waals surface area contributed by atoms with Gasteiger partial charge in [-0.05, 0) is 26.8 Å². The molecule has 1 nitrogen and oxygen atoms in total. The largest absolute Gasteiger partial charge is 0.472 e. The van der Waals surface area contributed by atoms with E-state index in [1.54, 1.807) is 12.5 Å². The molecule has 1 heterocycles. The number of rotatable bonds is 3. The summed E-state index contributed by atoms with van der Waals surface area (Å²) in [6, 6.07) is 1.99. The second-order valence-corrected chi connectivity index (χ2v) is 4.45. The van der Waals surface area contributed by atoms with E-state index in [1.807, 2.05) is 6.07 Å². The second-order valence-electron chi connectivity index (χ2n) is 2.73. The van der Waals surface area contributed by atoms with Gasteiger partial charge < -0.3 is 4.42 Å². The molecule has 3 heteroatoms. The van der Waals surface area contributed by atoms with Gasteiger partial charge in [0.2, 0.25) is 0 Å². The molecule has 0 aliphatic heterocycles. The third-order valence-corrected chi connectivity index (χ3v) is 4.22. The first kappa shape index (κ1) is 8.89. The van der Waals surface area contributed by atoms with E-state index >= 15 is 0 Å². The monoisotopic (exact) mass is 186 g/mol. The molecular weight excluding hydrogens is 175 g/mol. The minimum atomic E-state index is 0.0995. The Kier molecular flexibility index (Phi) is 2.80. The number of hydrogen-bond acceptors (Lipinski definition) is 2. The molecule has 1 aromatic rings. The van der Waals surface area contributed by atoms with Gasteiger partial charge in [0.15, 0.2) is 0 Å². The van der Waals surface area contributed by atoms with Crippen LogP contribution in [-0.2, 0) is 17.0 Å². The van der Waals surface area contributed by atoms with Crippen LogP contribution < -0.4 is 0 Å². The Labute approximate surface area is 73.6 Å². The summed E-state index contributed by atoms with van der Waals surface area (Å²) >= 11 is 5.06. The lowest BCUT2D eigenvalue weighted by Gasteiger charge is -2.19. The fourth-order valence-corrected chi connectivity index (χ4v) is 1.96. The average Bonchev–Trinajstić information content (AvgIpc) is 2.55. The van der Waals surface area contributed by atoms with Crippen LogP contribution in [0.4, 0.5) is 0 Å². The summed E-state index contributed by atoms with van der Waals surface area (Å²) in [6.07, 6.45) is 4.53. The average molecular weight is 186 g/mol. The van der Waals surface area contributed by atoms with Crippen LogP contribution in [0, 0.1) is 0 Å². The maximum Gasteiger partial charge on any atom is 0.0947 e. The Hall–Kier alpha value is -0.200. The Morgan fingerprint density at radius 1 is 1.73 bits per heavy atom. The highest BCUT2D eigenvalue weighted by atomic mass is 32.4. The molecule has 0 saturated carbocycles. The predicted molar refractivity (Wildman–Crippen MR) is 50.6 cm³/mol. The van der Waals surface area contributed by atoms with Gasteiger partial charge in [-0.2, -0.15) is 0 Å². The summed E-state index contributed by atoms with van der Waals surface area (Å²) in [5.74, 6) is 0. The van der Waals surface area contributed by atoms with E-state index in [-0.39, 0.29) is 5.16 Å². The first-order valence-electron chi connectivity index (χ1n) is 3.60. The van der Waals surface area contributed by atoms with E-state index in [9.17, 15) is 0 Å². The highest BCUT2D eigenvalue weighted by Crippen LogP contribution is 2.37.